The number of halogens is 1. The highest BCUT2D eigenvalue weighted by molar-refractivity contribution is 7.80. The van der Waals surface area contributed by atoms with E-state index in [2.05, 4.69) is 12.6 Å². The Morgan fingerprint density at radius 2 is 2.20 bits per heavy atom. The largest absolute Gasteiger partial charge is 0.423 e. The lowest BCUT2D eigenvalue weighted by atomic mass is 10.1. The molecule has 2 atom stereocenters. The molecule has 1 aliphatic heterocycles. The number of hydrogen-bond donors (Lipinski definition) is 1. The van der Waals surface area contributed by atoms with Gasteiger partial charge in [0.05, 0.1) is 6.42 Å². The van der Waals surface area contributed by atoms with Gasteiger partial charge in [-0.15, -0.1) is 0 Å². The van der Waals surface area contributed by atoms with E-state index in [1.54, 1.807) is 13.0 Å². The fraction of sp³-hybridized carbons (Fsp3) is 0.455. The number of thiol groups is 1. The average Bonchev–Trinajstić information content (AvgIpc) is 2.54. The first kappa shape index (κ1) is 10.6. The molecular weight excluding hydrogens is 215 g/mol. The molecule has 82 valence electrons. The summed E-state index contributed by atoms with van der Waals surface area (Å²) in [5, 5.41) is -0.0113. The molecule has 0 bridgehead atoms. The van der Waals surface area contributed by atoms with Crippen LogP contribution in [0.5, 0.6) is 11.5 Å². The van der Waals surface area contributed by atoms with E-state index in [1.165, 1.54) is 0 Å². The second kappa shape index (κ2) is 3.59. The molecule has 0 amide bonds. The fourth-order valence-corrected chi connectivity index (χ4v) is 1.74. The Morgan fingerprint density at radius 3 is 2.80 bits per heavy atom. The van der Waals surface area contributed by atoms with Crippen LogP contribution in [-0.2, 0) is 0 Å². The third-order valence-electron chi connectivity index (χ3n) is 2.40. The molecule has 15 heavy (non-hydrogen) atoms. The van der Waals surface area contributed by atoms with Crippen LogP contribution < -0.4 is 9.47 Å². The molecule has 0 N–H and O–H groups in total. The van der Waals surface area contributed by atoms with Crippen molar-refractivity contribution in [3.05, 3.63) is 23.8 Å². The lowest BCUT2D eigenvalue weighted by molar-refractivity contribution is -0.191. The zero-order valence-corrected chi connectivity index (χ0v) is 9.55. The Labute approximate surface area is 93.8 Å². The maximum atomic E-state index is 13.8. The van der Waals surface area contributed by atoms with Crippen LogP contribution in [0.1, 0.15) is 31.1 Å². The van der Waals surface area contributed by atoms with Crippen LogP contribution in [-0.4, -0.2) is 6.04 Å². The molecule has 1 heterocycles. The number of rotatable bonds is 2. The molecule has 0 aliphatic carbocycles. The summed E-state index contributed by atoms with van der Waals surface area (Å²) < 4.78 is 24.1. The third-order valence-corrected chi connectivity index (χ3v) is 2.68. The molecule has 0 fully saturated rings. The quantitative estimate of drug-likeness (QED) is 0.781. The first-order valence-corrected chi connectivity index (χ1v) is 5.45. The number of para-hydroxylation sites is 1. The first-order valence-electron chi connectivity index (χ1n) is 4.93. The second-order valence-electron chi connectivity index (χ2n) is 3.57. The smallest absolute Gasteiger partial charge is 0.407 e. The molecule has 2 rings (SSSR count). The third kappa shape index (κ3) is 1.78. The van der Waals surface area contributed by atoms with Crippen LogP contribution in [0.3, 0.4) is 0 Å². The van der Waals surface area contributed by atoms with Gasteiger partial charge in [0.15, 0.2) is 11.5 Å². The van der Waals surface area contributed by atoms with Crippen LogP contribution in [0.2, 0.25) is 0 Å². The van der Waals surface area contributed by atoms with Crippen LogP contribution >= 0.6 is 12.6 Å². The van der Waals surface area contributed by atoms with E-state index < -0.39 is 6.04 Å². The van der Waals surface area contributed by atoms with E-state index in [9.17, 15) is 4.39 Å². The Morgan fingerprint density at radius 1 is 1.47 bits per heavy atom. The minimum Gasteiger partial charge on any atom is -0.423 e. The van der Waals surface area contributed by atoms with Crippen LogP contribution in [0.25, 0.3) is 0 Å². The molecule has 0 aromatic heterocycles. The molecule has 1 aromatic carbocycles. The van der Waals surface area contributed by atoms with Crippen molar-refractivity contribution >= 4 is 12.6 Å². The molecular formula is C11H13FO2S. The van der Waals surface area contributed by atoms with E-state index in [-0.39, 0.29) is 11.7 Å². The molecule has 0 radical (unpaired) electrons. The van der Waals surface area contributed by atoms with Gasteiger partial charge in [0.25, 0.3) is 0 Å². The highest BCUT2D eigenvalue weighted by Crippen LogP contribution is 2.46. The van der Waals surface area contributed by atoms with Gasteiger partial charge >= 0.3 is 6.04 Å². The number of fused-ring (bicyclic) bond motifs is 1. The van der Waals surface area contributed by atoms with Crippen molar-refractivity contribution in [2.75, 3.05) is 0 Å². The van der Waals surface area contributed by atoms with Gasteiger partial charge in [-0.2, -0.15) is 17.0 Å². The van der Waals surface area contributed by atoms with Crippen molar-refractivity contribution in [3.63, 3.8) is 0 Å². The predicted octanol–water partition coefficient (Wildman–Crippen LogP) is 3.48. The minimum absolute atomic E-state index is 0.0113. The van der Waals surface area contributed by atoms with Crippen molar-refractivity contribution in [3.8, 4) is 11.5 Å². The van der Waals surface area contributed by atoms with Crippen LogP contribution in [0.4, 0.5) is 4.39 Å². The number of alkyl halides is 1. The zero-order valence-electron chi connectivity index (χ0n) is 8.66. The Hall–Kier alpha value is -0.900. The summed E-state index contributed by atoms with van der Waals surface area (Å²) >= 11 is 4.31. The molecule has 0 saturated heterocycles. The van der Waals surface area contributed by atoms with Crippen molar-refractivity contribution in [1.82, 2.24) is 0 Å². The SMILES string of the molecule is CCC1(F)Oc2cccc([C@@H](C)S)c2O1. The van der Waals surface area contributed by atoms with Crippen molar-refractivity contribution in [1.29, 1.82) is 0 Å². The van der Waals surface area contributed by atoms with E-state index in [1.807, 2.05) is 19.1 Å². The summed E-state index contributed by atoms with van der Waals surface area (Å²) in [7, 11) is 0. The van der Waals surface area contributed by atoms with E-state index in [4.69, 9.17) is 9.47 Å². The summed E-state index contributed by atoms with van der Waals surface area (Å²) in [6.07, 6.45) is 0.155. The minimum atomic E-state index is -2.01. The summed E-state index contributed by atoms with van der Waals surface area (Å²) in [6, 6.07) is 3.36. The number of hydrogen-bond acceptors (Lipinski definition) is 3. The van der Waals surface area contributed by atoms with Gasteiger partial charge in [-0.25, -0.2) is 0 Å². The van der Waals surface area contributed by atoms with Crippen LogP contribution in [0, 0.1) is 0 Å². The van der Waals surface area contributed by atoms with Gasteiger partial charge in [-0.05, 0) is 13.0 Å². The van der Waals surface area contributed by atoms with Crippen molar-refractivity contribution in [2.45, 2.75) is 31.6 Å². The maximum Gasteiger partial charge on any atom is 0.407 e. The van der Waals surface area contributed by atoms with Gasteiger partial charge in [-0.1, -0.05) is 19.1 Å². The lowest BCUT2D eigenvalue weighted by Crippen LogP contribution is -2.31. The summed E-state index contributed by atoms with van der Waals surface area (Å²) in [4.78, 5) is 0. The van der Waals surface area contributed by atoms with Crippen molar-refractivity contribution in [2.24, 2.45) is 0 Å². The molecule has 1 aliphatic rings. The Kier molecular flexibility index (Phi) is 2.54. The van der Waals surface area contributed by atoms with Gasteiger partial charge in [-0.3, -0.25) is 0 Å². The summed E-state index contributed by atoms with van der Waals surface area (Å²) in [6.45, 7) is 3.59. The average molecular weight is 228 g/mol. The Balaban J connectivity index is 2.41. The normalized spacial score (nSPS) is 25.3. The summed E-state index contributed by atoms with van der Waals surface area (Å²) in [5.74, 6) is 0.933. The number of ether oxygens (including phenoxy) is 2. The van der Waals surface area contributed by atoms with Gasteiger partial charge in [0.1, 0.15) is 0 Å². The zero-order chi connectivity index (χ0) is 11.1. The lowest BCUT2D eigenvalue weighted by Gasteiger charge is -2.15. The molecule has 0 saturated carbocycles. The second-order valence-corrected chi connectivity index (χ2v) is 4.34. The monoisotopic (exact) mass is 228 g/mol. The molecule has 1 aromatic rings. The van der Waals surface area contributed by atoms with E-state index in [0.717, 1.165) is 5.56 Å². The molecule has 4 heteroatoms. The van der Waals surface area contributed by atoms with Gasteiger partial charge in [0.2, 0.25) is 0 Å². The predicted molar refractivity (Wildman–Crippen MR) is 59.2 cm³/mol. The highest BCUT2D eigenvalue weighted by atomic mass is 32.1. The van der Waals surface area contributed by atoms with Crippen LogP contribution in [0.15, 0.2) is 18.2 Å². The highest BCUT2D eigenvalue weighted by Gasteiger charge is 2.41. The van der Waals surface area contributed by atoms with Gasteiger partial charge in [0, 0.05) is 10.8 Å². The molecule has 1 unspecified atom stereocenters. The van der Waals surface area contributed by atoms with E-state index in [0.29, 0.717) is 11.5 Å². The fourth-order valence-electron chi connectivity index (χ4n) is 1.53. The molecule has 2 nitrogen and oxygen atoms in total. The summed E-state index contributed by atoms with van der Waals surface area (Å²) in [5.41, 5.74) is 0.851. The topological polar surface area (TPSA) is 18.5 Å². The first-order chi connectivity index (χ1) is 7.06. The maximum absolute atomic E-state index is 13.8. The van der Waals surface area contributed by atoms with Crippen molar-refractivity contribution < 1.29 is 13.9 Å². The van der Waals surface area contributed by atoms with E-state index >= 15 is 0 Å². The van der Waals surface area contributed by atoms with Gasteiger partial charge < -0.3 is 9.47 Å². The number of benzene rings is 1. The standard InChI is InChI=1S/C11H13FO2S/c1-3-11(12)13-9-6-4-5-8(7(2)15)10(9)14-11/h4-7,15H,3H2,1-2H3/t7-,11?/m1/s1. The molecule has 0 spiro atoms. The Bertz CT molecular complexity index is 381.